The fraction of sp³-hybridized carbons (Fsp3) is 0.314. The molecule has 0 aliphatic heterocycles. The third-order valence-corrected chi connectivity index (χ3v) is 8.58. The first-order valence-electron chi connectivity index (χ1n) is 13.7. The molecule has 0 fully saturated rings. The molecule has 0 aliphatic carbocycles. The van der Waals surface area contributed by atoms with E-state index >= 15 is 0 Å². The summed E-state index contributed by atoms with van der Waals surface area (Å²) in [5, 5.41) is 12.0. The van der Waals surface area contributed by atoms with Crippen molar-refractivity contribution in [2.24, 2.45) is 11.8 Å². The van der Waals surface area contributed by atoms with E-state index in [1.54, 1.807) is 0 Å². The molecule has 4 aromatic rings. The van der Waals surface area contributed by atoms with Gasteiger partial charge in [-0.15, -0.1) is 34.9 Å². The number of hydrogen-bond donors (Lipinski definition) is 1. The second kappa shape index (κ2) is 14.2. The fourth-order valence-electron chi connectivity index (χ4n) is 4.57. The van der Waals surface area contributed by atoms with Crippen molar-refractivity contribution < 1.29 is 30.0 Å². The molecule has 3 nitrogen and oxygen atoms in total. The van der Waals surface area contributed by atoms with Crippen molar-refractivity contribution in [2.45, 2.75) is 61.2 Å². The van der Waals surface area contributed by atoms with E-state index in [1.807, 2.05) is 27.7 Å². The molecule has 0 spiro atoms. The number of fused-ring (bicyclic) bond motifs is 1. The van der Waals surface area contributed by atoms with Gasteiger partial charge in [-0.05, 0) is 28.3 Å². The van der Waals surface area contributed by atoms with Gasteiger partial charge in [0.25, 0.3) is 0 Å². The molecule has 5 heteroatoms. The van der Waals surface area contributed by atoms with E-state index in [0.717, 1.165) is 22.3 Å². The Morgan fingerprint density at radius 2 is 1.50 bits per heavy atom. The van der Waals surface area contributed by atoms with Crippen molar-refractivity contribution in [1.82, 2.24) is 4.98 Å². The van der Waals surface area contributed by atoms with Crippen LogP contribution in [-0.2, 0) is 24.9 Å². The van der Waals surface area contributed by atoms with Gasteiger partial charge in [-0.1, -0.05) is 115 Å². The van der Waals surface area contributed by atoms with Crippen LogP contribution in [0.4, 0.5) is 0 Å². The summed E-state index contributed by atoms with van der Waals surface area (Å²) in [7, 11) is -1.67. The molecule has 0 saturated heterocycles. The van der Waals surface area contributed by atoms with Gasteiger partial charge < -0.3 is 5.11 Å². The number of aromatic nitrogens is 1. The number of para-hydroxylation sites is 1. The first-order chi connectivity index (χ1) is 18.3. The normalized spacial score (nSPS) is 11.7. The molecule has 0 saturated carbocycles. The van der Waals surface area contributed by atoms with Crippen LogP contribution in [0.25, 0.3) is 33.3 Å². The zero-order valence-electron chi connectivity index (χ0n) is 25.2. The molecule has 1 aromatic heterocycles. The van der Waals surface area contributed by atoms with Gasteiger partial charge in [0.1, 0.15) is 0 Å². The molecule has 0 atom stereocenters. The molecule has 0 unspecified atom stereocenters. The Morgan fingerprint density at radius 1 is 0.900 bits per heavy atom. The van der Waals surface area contributed by atoms with Crippen LogP contribution in [-0.4, -0.2) is 23.9 Å². The monoisotopic (exact) mass is 729 g/mol. The van der Waals surface area contributed by atoms with Crippen molar-refractivity contribution in [1.29, 1.82) is 0 Å². The number of aryl methyl sites for hydroxylation is 2. The first-order valence-corrected chi connectivity index (χ1v) is 17.2. The number of ketones is 1. The molecular formula is C35H42IrNO2Si-. The van der Waals surface area contributed by atoms with E-state index in [1.165, 1.54) is 33.3 Å². The average molecular weight is 729 g/mol. The third-order valence-electron chi connectivity index (χ3n) is 6.56. The van der Waals surface area contributed by atoms with Crippen LogP contribution < -0.4 is 5.19 Å². The minimum Gasteiger partial charge on any atom is -0.512 e. The molecule has 213 valence electrons. The Hall–Kier alpha value is -2.85. The maximum atomic E-state index is 11.0. The van der Waals surface area contributed by atoms with Crippen LogP contribution in [0, 0.1) is 31.7 Å². The standard InChI is InChI=1S/C26H26NSi.C9H16O2.Ir/c1-18-15-19(2)17-21(16-18)25-24(20-11-7-6-8-12-20)26(28(3,4)5)22-13-9-10-14-23(22)27-25;1-6(2)8(10)5-9(11)7(3)4;/h6-16H,1-5H3;5-7,10H,1-4H3;/q-1;;/b;8-5-;. The van der Waals surface area contributed by atoms with Gasteiger partial charge in [-0.25, -0.2) is 0 Å². The largest absolute Gasteiger partial charge is 0.512 e. The van der Waals surface area contributed by atoms with Gasteiger partial charge in [0, 0.05) is 38.0 Å². The van der Waals surface area contributed by atoms with Crippen molar-refractivity contribution in [3.05, 3.63) is 95.8 Å². The predicted molar refractivity (Wildman–Crippen MR) is 169 cm³/mol. The summed E-state index contributed by atoms with van der Waals surface area (Å²) < 4.78 is 0. The molecule has 1 N–H and O–H groups in total. The number of hydrogen-bond acceptors (Lipinski definition) is 3. The van der Waals surface area contributed by atoms with E-state index in [0.29, 0.717) is 0 Å². The number of allylic oxidation sites excluding steroid dienone is 2. The zero-order chi connectivity index (χ0) is 28.9. The minimum absolute atomic E-state index is 0. The summed E-state index contributed by atoms with van der Waals surface area (Å²) >= 11 is 0. The summed E-state index contributed by atoms with van der Waals surface area (Å²) in [6.45, 7) is 18.9. The summed E-state index contributed by atoms with van der Waals surface area (Å²) in [6, 6.07) is 27.3. The number of aliphatic hydroxyl groups excluding tert-OH is 1. The molecule has 40 heavy (non-hydrogen) atoms. The quantitative estimate of drug-likeness (QED) is 0.0935. The Morgan fingerprint density at radius 3 is 2.05 bits per heavy atom. The second-order valence-corrected chi connectivity index (χ2v) is 16.9. The van der Waals surface area contributed by atoms with Crippen molar-refractivity contribution in [2.75, 3.05) is 0 Å². The second-order valence-electron chi connectivity index (χ2n) is 11.9. The number of aliphatic hydroxyl groups is 1. The van der Waals surface area contributed by atoms with Gasteiger partial charge in [-0.2, -0.15) is 0 Å². The SMILES string of the molecule is CC(C)C(=O)/C=C(\O)C(C)C.Cc1[c-]c(-c2nc3ccccc3c([Si](C)(C)C)c2-c2ccccc2)cc(C)c1.[Ir]. The fourth-order valence-corrected chi connectivity index (χ4v) is 6.61. The van der Waals surface area contributed by atoms with Crippen LogP contribution >= 0.6 is 0 Å². The van der Waals surface area contributed by atoms with E-state index in [4.69, 9.17) is 4.98 Å². The van der Waals surface area contributed by atoms with Crippen LogP contribution in [0.2, 0.25) is 19.6 Å². The summed E-state index contributed by atoms with van der Waals surface area (Å²) in [6.07, 6.45) is 1.31. The predicted octanol–water partition coefficient (Wildman–Crippen LogP) is 8.84. The zero-order valence-corrected chi connectivity index (χ0v) is 28.6. The molecule has 3 aromatic carbocycles. The maximum Gasteiger partial charge on any atom is 0.161 e. The van der Waals surface area contributed by atoms with Gasteiger partial charge in [0.2, 0.25) is 0 Å². The number of benzene rings is 3. The van der Waals surface area contributed by atoms with Crippen LogP contribution in [0.15, 0.2) is 78.6 Å². The Labute approximate surface area is 255 Å². The van der Waals surface area contributed by atoms with Gasteiger partial charge >= 0.3 is 0 Å². The van der Waals surface area contributed by atoms with Crippen molar-refractivity contribution >= 4 is 29.9 Å². The molecular weight excluding hydrogens is 687 g/mol. The maximum absolute atomic E-state index is 11.0. The number of rotatable bonds is 6. The van der Waals surface area contributed by atoms with Crippen molar-refractivity contribution in [3.8, 4) is 22.4 Å². The molecule has 4 rings (SSSR count). The van der Waals surface area contributed by atoms with Gasteiger partial charge in [0.15, 0.2) is 5.78 Å². The smallest absolute Gasteiger partial charge is 0.161 e. The Bertz CT molecular complexity index is 1460. The Kier molecular flexibility index (Phi) is 11.8. The Balaban J connectivity index is 0.000000400. The average Bonchev–Trinajstić information content (AvgIpc) is 2.87. The van der Waals surface area contributed by atoms with Crippen LogP contribution in [0.1, 0.15) is 38.8 Å². The minimum atomic E-state index is -1.67. The topological polar surface area (TPSA) is 50.2 Å². The molecule has 1 radical (unpaired) electrons. The molecule has 0 bridgehead atoms. The number of pyridine rings is 1. The van der Waals surface area contributed by atoms with Gasteiger partial charge in [0.05, 0.1) is 19.3 Å². The molecule has 1 heterocycles. The summed E-state index contributed by atoms with van der Waals surface area (Å²) in [5.74, 6) is 0.161. The van der Waals surface area contributed by atoms with E-state index in [2.05, 4.69) is 106 Å². The van der Waals surface area contributed by atoms with Crippen LogP contribution in [0.5, 0.6) is 0 Å². The first kappa shape index (κ1) is 33.4. The molecule has 0 aliphatic rings. The molecule has 0 amide bonds. The number of carbonyl (C=O) groups excluding carboxylic acids is 1. The van der Waals surface area contributed by atoms with Gasteiger partial charge in [-0.3, -0.25) is 9.78 Å². The van der Waals surface area contributed by atoms with E-state index in [9.17, 15) is 9.90 Å². The van der Waals surface area contributed by atoms with E-state index < -0.39 is 8.07 Å². The third kappa shape index (κ3) is 8.33. The van der Waals surface area contributed by atoms with Crippen molar-refractivity contribution in [3.63, 3.8) is 0 Å². The summed E-state index contributed by atoms with van der Waals surface area (Å²) in [4.78, 5) is 16.2. The van der Waals surface area contributed by atoms with Crippen LogP contribution in [0.3, 0.4) is 0 Å². The summed E-state index contributed by atoms with van der Waals surface area (Å²) in [5.41, 5.74) is 8.12. The number of carbonyl (C=O) groups is 1. The number of nitrogens with zero attached hydrogens (tertiary/aromatic N) is 1. The van der Waals surface area contributed by atoms with E-state index in [-0.39, 0.29) is 43.5 Å².